The molecule has 0 radical (unpaired) electrons. The van der Waals surface area contributed by atoms with E-state index < -0.39 is 0 Å². The Kier molecular flexibility index (Phi) is 12.0. The molecule has 144 valence electrons. The molecule has 0 aliphatic carbocycles. The first-order valence-electron chi connectivity index (χ1n) is 11.0. The first-order chi connectivity index (χ1) is 11.6. The van der Waals surface area contributed by atoms with Gasteiger partial charge in [0, 0.05) is 13.1 Å². The van der Waals surface area contributed by atoms with E-state index in [4.69, 9.17) is 0 Å². The number of rotatable bonds is 14. The largest absolute Gasteiger partial charge is 0.290 e. The van der Waals surface area contributed by atoms with E-state index in [1.807, 2.05) is 0 Å². The Bertz CT molecular complexity index is 262. The third-order valence-electron chi connectivity index (χ3n) is 5.36. The van der Waals surface area contributed by atoms with Gasteiger partial charge in [-0.2, -0.15) is 0 Å². The van der Waals surface area contributed by atoms with Gasteiger partial charge in [0.15, 0.2) is 0 Å². The molecule has 1 fully saturated rings. The van der Waals surface area contributed by atoms with Gasteiger partial charge in [0.05, 0.1) is 6.67 Å². The van der Waals surface area contributed by atoms with Crippen molar-refractivity contribution < 1.29 is 0 Å². The molecule has 24 heavy (non-hydrogen) atoms. The van der Waals surface area contributed by atoms with Crippen LogP contribution < -0.4 is 0 Å². The van der Waals surface area contributed by atoms with Crippen molar-refractivity contribution in [2.75, 3.05) is 32.8 Å². The fourth-order valence-corrected chi connectivity index (χ4v) is 4.17. The lowest BCUT2D eigenvalue weighted by molar-refractivity contribution is 0.00756. The number of hydrogen-bond donors (Lipinski definition) is 0. The predicted molar refractivity (Wildman–Crippen MR) is 109 cm³/mol. The molecule has 0 spiro atoms. The fraction of sp³-hybridized carbons (Fsp3) is 1.00. The highest BCUT2D eigenvalue weighted by atomic mass is 15.3. The minimum Gasteiger partial charge on any atom is -0.290 e. The lowest BCUT2D eigenvalue weighted by atomic mass is 9.90. The average Bonchev–Trinajstić information content (AvgIpc) is 2.53. The van der Waals surface area contributed by atoms with Crippen molar-refractivity contribution in [1.82, 2.24) is 9.80 Å². The van der Waals surface area contributed by atoms with E-state index in [1.165, 1.54) is 110 Å². The second kappa shape index (κ2) is 13.2. The summed E-state index contributed by atoms with van der Waals surface area (Å²) in [5.74, 6) is 0. The minimum atomic E-state index is 0.461. The van der Waals surface area contributed by atoms with Crippen LogP contribution in [-0.2, 0) is 0 Å². The van der Waals surface area contributed by atoms with E-state index in [-0.39, 0.29) is 0 Å². The first-order valence-corrected chi connectivity index (χ1v) is 11.0. The Balaban J connectivity index is 2.17. The zero-order valence-electron chi connectivity index (χ0n) is 17.4. The van der Waals surface area contributed by atoms with Crippen LogP contribution in [0.1, 0.15) is 105 Å². The highest BCUT2D eigenvalue weighted by Gasteiger charge is 2.30. The molecule has 2 nitrogen and oxygen atoms in total. The van der Waals surface area contributed by atoms with Crippen LogP contribution in [0.2, 0.25) is 0 Å². The lowest BCUT2D eigenvalue weighted by Gasteiger charge is -2.44. The van der Waals surface area contributed by atoms with Crippen LogP contribution in [0.4, 0.5) is 0 Å². The van der Waals surface area contributed by atoms with Crippen molar-refractivity contribution in [1.29, 1.82) is 0 Å². The molecule has 0 amide bonds. The van der Waals surface area contributed by atoms with Crippen molar-refractivity contribution in [2.45, 2.75) is 105 Å². The highest BCUT2D eigenvalue weighted by molar-refractivity contribution is 4.83. The van der Waals surface area contributed by atoms with Crippen LogP contribution in [0.5, 0.6) is 0 Å². The molecule has 1 aliphatic heterocycles. The molecule has 1 saturated heterocycles. The second-order valence-electron chi connectivity index (χ2n) is 8.95. The van der Waals surface area contributed by atoms with E-state index in [2.05, 4.69) is 37.5 Å². The molecule has 1 aliphatic rings. The molecule has 0 saturated carbocycles. The molecule has 0 aromatic heterocycles. The molecular formula is C22H46N2. The van der Waals surface area contributed by atoms with E-state index in [1.54, 1.807) is 0 Å². The maximum Gasteiger partial charge on any atom is 0.0506 e. The van der Waals surface area contributed by atoms with Crippen molar-refractivity contribution in [3.8, 4) is 0 Å². The Labute approximate surface area is 153 Å². The van der Waals surface area contributed by atoms with Gasteiger partial charge in [-0.15, -0.1) is 0 Å². The summed E-state index contributed by atoms with van der Waals surface area (Å²) in [5.41, 5.74) is 0.461. The monoisotopic (exact) mass is 338 g/mol. The standard InChI is InChI=1S/C22H46N2/c1-5-7-9-11-13-15-17-23-19-22(3,4)20-24(21-23)18-16-14-12-10-8-6-2/h5-21H2,1-4H3. The highest BCUT2D eigenvalue weighted by Crippen LogP contribution is 2.25. The predicted octanol–water partition coefficient (Wildman–Crippen LogP) is 6.31. The third-order valence-corrected chi connectivity index (χ3v) is 5.36. The van der Waals surface area contributed by atoms with Gasteiger partial charge in [0.2, 0.25) is 0 Å². The van der Waals surface area contributed by atoms with Crippen molar-refractivity contribution in [3.05, 3.63) is 0 Å². The zero-order valence-corrected chi connectivity index (χ0v) is 17.4. The normalized spacial score (nSPS) is 19.0. The summed E-state index contributed by atoms with van der Waals surface area (Å²) >= 11 is 0. The lowest BCUT2D eigenvalue weighted by Crippen LogP contribution is -2.53. The maximum atomic E-state index is 2.72. The molecule has 0 unspecified atom stereocenters. The summed E-state index contributed by atoms with van der Waals surface area (Å²) in [4.78, 5) is 5.45. The Morgan fingerprint density at radius 2 is 0.958 bits per heavy atom. The molecule has 1 rings (SSSR count). The quantitative estimate of drug-likeness (QED) is 0.342. The molecule has 0 aromatic rings. The Morgan fingerprint density at radius 3 is 1.38 bits per heavy atom. The summed E-state index contributed by atoms with van der Waals surface area (Å²) in [6.07, 6.45) is 16.9. The molecule has 0 atom stereocenters. The van der Waals surface area contributed by atoms with Crippen LogP contribution in [0, 0.1) is 5.41 Å². The van der Waals surface area contributed by atoms with Gasteiger partial charge < -0.3 is 0 Å². The van der Waals surface area contributed by atoms with Crippen LogP contribution >= 0.6 is 0 Å². The van der Waals surface area contributed by atoms with Gasteiger partial charge in [0.25, 0.3) is 0 Å². The molecule has 2 heteroatoms. The third kappa shape index (κ3) is 10.7. The van der Waals surface area contributed by atoms with Crippen LogP contribution in [0.15, 0.2) is 0 Å². The van der Waals surface area contributed by atoms with E-state index in [9.17, 15) is 0 Å². The van der Waals surface area contributed by atoms with Gasteiger partial charge >= 0.3 is 0 Å². The molecule has 1 heterocycles. The van der Waals surface area contributed by atoms with E-state index >= 15 is 0 Å². The average molecular weight is 339 g/mol. The SMILES string of the molecule is CCCCCCCCN1CN(CCCCCCCC)CC(C)(C)C1. The van der Waals surface area contributed by atoms with Gasteiger partial charge in [-0.3, -0.25) is 9.80 Å². The van der Waals surface area contributed by atoms with Gasteiger partial charge in [-0.05, 0) is 31.3 Å². The molecule has 0 aromatic carbocycles. The fourth-order valence-electron chi connectivity index (χ4n) is 4.17. The first kappa shape index (κ1) is 22.0. The zero-order chi connectivity index (χ0) is 17.7. The summed E-state index contributed by atoms with van der Waals surface area (Å²) < 4.78 is 0. The number of unbranched alkanes of at least 4 members (excludes halogenated alkanes) is 10. The topological polar surface area (TPSA) is 6.48 Å². The maximum absolute atomic E-state index is 2.72. The van der Waals surface area contributed by atoms with Crippen LogP contribution in [0.3, 0.4) is 0 Å². The minimum absolute atomic E-state index is 0.461. The summed E-state index contributed by atoms with van der Waals surface area (Å²) in [7, 11) is 0. The Hall–Kier alpha value is -0.0800. The molecule has 0 bridgehead atoms. The van der Waals surface area contributed by atoms with Crippen molar-refractivity contribution in [2.24, 2.45) is 5.41 Å². The second-order valence-corrected chi connectivity index (χ2v) is 8.95. The summed E-state index contributed by atoms with van der Waals surface area (Å²) in [5, 5.41) is 0. The number of hydrogen-bond acceptors (Lipinski definition) is 2. The Morgan fingerprint density at radius 1 is 0.583 bits per heavy atom. The van der Waals surface area contributed by atoms with Crippen LogP contribution in [0.25, 0.3) is 0 Å². The van der Waals surface area contributed by atoms with Crippen molar-refractivity contribution >= 4 is 0 Å². The van der Waals surface area contributed by atoms with Crippen LogP contribution in [-0.4, -0.2) is 42.6 Å². The molecular weight excluding hydrogens is 292 g/mol. The molecule has 0 N–H and O–H groups in total. The summed E-state index contributed by atoms with van der Waals surface area (Å²) in [6, 6.07) is 0. The van der Waals surface area contributed by atoms with Gasteiger partial charge in [-0.1, -0.05) is 91.9 Å². The summed E-state index contributed by atoms with van der Waals surface area (Å²) in [6.45, 7) is 15.9. The smallest absolute Gasteiger partial charge is 0.0506 e. The van der Waals surface area contributed by atoms with E-state index in [0.29, 0.717) is 5.41 Å². The van der Waals surface area contributed by atoms with Gasteiger partial charge in [0.1, 0.15) is 0 Å². The van der Waals surface area contributed by atoms with Crippen molar-refractivity contribution in [3.63, 3.8) is 0 Å². The van der Waals surface area contributed by atoms with Gasteiger partial charge in [-0.25, -0.2) is 0 Å². The number of nitrogens with zero attached hydrogens (tertiary/aromatic N) is 2. The van der Waals surface area contributed by atoms with E-state index in [0.717, 1.165) is 0 Å².